The second-order valence-electron chi connectivity index (χ2n) is 7.01. The van der Waals surface area contributed by atoms with E-state index in [1.165, 1.54) is 35.5 Å². The van der Waals surface area contributed by atoms with Crippen LogP contribution in [0, 0.1) is 0 Å². The Labute approximate surface area is 205 Å². The molecule has 8 nitrogen and oxygen atoms in total. The third-order valence-corrected chi connectivity index (χ3v) is 5.83. The normalized spacial score (nSPS) is 10.6. The zero-order chi connectivity index (χ0) is 25.0. The molecule has 0 aromatic heterocycles. The summed E-state index contributed by atoms with van der Waals surface area (Å²) in [6.07, 6.45) is 0. The van der Waals surface area contributed by atoms with Gasteiger partial charge in [0.05, 0.1) is 57.8 Å². The molecule has 34 heavy (non-hydrogen) atoms. The molecule has 0 unspecified atom stereocenters. The van der Waals surface area contributed by atoms with Crippen molar-refractivity contribution in [3.05, 3.63) is 45.9 Å². The van der Waals surface area contributed by atoms with Gasteiger partial charge in [-0.25, -0.2) is 9.59 Å². The number of methoxy groups -OCH3 is 5. The van der Waals surface area contributed by atoms with E-state index < -0.39 is 11.9 Å². The Bertz CT molecular complexity index is 1250. The van der Waals surface area contributed by atoms with Crippen LogP contribution in [-0.4, -0.2) is 54.1 Å². The summed E-state index contributed by atoms with van der Waals surface area (Å²) in [5.74, 6) is 0.496. The average molecular weight is 533 g/mol. The highest BCUT2D eigenvalue weighted by Gasteiger charge is 2.28. The largest absolute Gasteiger partial charge is 0.493 e. The molecule has 0 spiro atoms. The number of ether oxygens (including phenoxy) is 6. The van der Waals surface area contributed by atoms with Gasteiger partial charge in [0.1, 0.15) is 0 Å². The molecule has 9 heteroatoms. The van der Waals surface area contributed by atoms with E-state index in [-0.39, 0.29) is 11.1 Å². The first-order valence-corrected chi connectivity index (χ1v) is 11.0. The van der Waals surface area contributed by atoms with Crippen molar-refractivity contribution >= 4 is 38.6 Å². The summed E-state index contributed by atoms with van der Waals surface area (Å²) in [7, 11) is 7.06. The summed E-state index contributed by atoms with van der Waals surface area (Å²) in [6.45, 7) is 2.28. The van der Waals surface area contributed by atoms with Crippen LogP contribution >= 0.6 is 15.9 Å². The molecule has 0 amide bonds. The third-order valence-electron chi connectivity index (χ3n) is 5.24. The molecular formula is C25H25BrO8. The van der Waals surface area contributed by atoms with Crippen molar-refractivity contribution in [1.29, 1.82) is 0 Å². The maximum Gasteiger partial charge on any atom is 0.339 e. The van der Waals surface area contributed by atoms with Gasteiger partial charge in [0, 0.05) is 5.56 Å². The summed E-state index contributed by atoms with van der Waals surface area (Å²) < 4.78 is 32.8. The highest BCUT2D eigenvalue weighted by molar-refractivity contribution is 9.10. The molecule has 0 aliphatic carbocycles. The van der Waals surface area contributed by atoms with Crippen molar-refractivity contribution in [3.8, 4) is 34.1 Å². The smallest absolute Gasteiger partial charge is 0.339 e. The third kappa shape index (κ3) is 4.48. The molecule has 0 aliphatic rings. The SMILES string of the molecule is CCOc1cc2cc(C(=O)OC)c(C(=O)OC)c(-c3cc(Br)c(OC)c(OC)c3)c2cc1OC. The van der Waals surface area contributed by atoms with E-state index in [0.717, 1.165) is 0 Å². The molecule has 0 saturated heterocycles. The molecule has 0 radical (unpaired) electrons. The van der Waals surface area contributed by atoms with Crippen LogP contribution in [0.5, 0.6) is 23.0 Å². The number of rotatable bonds is 8. The minimum absolute atomic E-state index is 0.0483. The zero-order valence-corrected chi connectivity index (χ0v) is 21.3. The summed E-state index contributed by atoms with van der Waals surface area (Å²) in [5, 5.41) is 1.27. The lowest BCUT2D eigenvalue weighted by molar-refractivity contribution is 0.0556. The van der Waals surface area contributed by atoms with E-state index in [4.69, 9.17) is 28.4 Å². The predicted molar refractivity (Wildman–Crippen MR) is 131 cm³/mol. The number of carbonyl (C=O) groups is 2. The van der Waals surface area contributed by atoms with E-state index >= 15 is 0 Å². The van der Waals surface area contributed by atoms with Crippen molar-refractivity contribution in [2.24, 2.45) is 0 Å². The Balaban J connectivity index is 2.57. The fraction of sp³-hybridized carbons (Fsp3) is 0.280. The van der Waals surface area contributed by atoms with Gasteiger partial charge >= 0.3 is 11.9 Å². The van der Waals surface area contributed by atoms with Gasteiger partial charge in [-0.1, -0.05) is 0 Å². The number of carbonyl (C=O) groups excluding carboxylic acids is 2. The Morgan fingerprint density at radius 1 is 0.794 bits per heavy atom. The Morgan fingerprint density at radius 2 is 1.47 bits per heavy atom. The summed E-state index contributed by atoms with van der Waals surface area (Å²) in [5.41, 5.74) is 1.11. The van der Waals surface area contributed by atoms with Crippen LogP contribution in [-0.2, 0) is 9.47 Å². The van der Waals surface area contributed by atoms with Gasteiger partial charge in [-0.15, -0.1) is 0 Å². The van der Waals surface area contributed by atoms with E-state index in [1.54, 1.807) is 30.3 Å². The number of esters is 2. The van der Waals surface area contributed by atoms with Crippen LogP contribution in [0.1, 0.15) is 27.6 Å². The monoisotopic (exact) mass is 532 g/mol. The number of fused-ring (bicyclic) bond motifs is 1. The van der Waals surface area contributed by atoms with Crippen LogP contribution in [0.4, 0.5) is 0 Å². The second kappa shape index (κ2) is 10.6. The van der Waals surface area contributed by atoms with Crippen LogP contribution in [0.2, 0.25) is 0 Å². The molecule has 0 saturated carbocycles. The fourth-order valence-corrected chi connectivity index (χ4v) is 4.39. The summed E-state index contributed by atoms with van der Waals surface area (Å²) in [6, 6.07) is 8.58. The second-order valence-corrected chi connectivity index (χ2v) is 7.86. The van der Waals surface area contributed by atoms with Crippen LogP contribution in [0.25, 0.3) is 21.9 Å². The number of halogens is 1. The van der Waals surface area contributed by atoms with Crippen molar-refractivity contribution in [2.75, 3.05) is 42.2 Å². The Morgan fingerprint density at radius 3 is 2.03 bits per heavy atom. The van der Waals surface area contributed by atoms with Gasteiger partial charge in [-0.05, 0) is 69.5 Å². The van der Waals surface area contributed by atoms with Gasteiger partial charge in [0.2, 0.25) is 0 Å². The van der Waals surface area contributed by atoms with E-state index in [9.17, 15) is 9.59 Å². The van der Waals surface area contributed by atoms with Gasteiger partial charge in [-0.2, -0.15) is 0 Å². The quantitative estimate of drug-likeness (QED) is 0.362. The standard InChI is InChI=1S/C25H25BrO8/c1-7-34-19-10-13-8-16(24(27)32-5)22(25(28)33-6)21(15(13)12-18(19)29-2)14-9-17(26)23(31-4)20(11-14)30-3/h8-12H,7H2,1-6H3. The van der Waals surface area contributed by atoms with E-state index in [1.807, 2.05) is 6.92 Å². The first-order valence-electron chi connectivity index (χ1n) is 10.2. The Kier molecular flexibility index (Phi) is 7.88. The topological polar surface area (TPSA) is 89.5 Å². The van der Waals surface area contributed by atoms with Gasteiger partial charge in [0.25, 0.3) is 0 Å². The van der Waals surface area contributed by atoms with Gasteiger partial charge in [-0.3, -0.25) is 0 Å². The number of benzene rings is 3. The maximum atomic E-state index is 13.0. The minimum Gasteiger partial charge on any atom is -0.493 e. The average Bonchev–Trinajstić information content (AvgIpc) is 2.85. The molecule has 180 valence electrons. The van der Waals surface area contributed by atoms with Crippen LogP contribution in [0.3, 0.4) is 0 Å². The number of hydrogen-bond acceptors (Lipinski definition) is 8. The van der Waals surface area contributed by atoms with E-state index in [0.29, 0.717) is 56.0 Å². The summed E-state index contributed by atoms with van der Waals surface area (Å²) in [4.78, 5) is 25.8. The van der Waals surface area contributed by atoms with Crippen LogP contribution < -0.4 is 18.9 Å². The predicted octanol–water partition coefficient (Wildman–Crippen LogP) is 5.27. The van der Waals surface area contributed by atoms with Crippen molar-refractivity contribution < 1.29 is 38.0 Å². The molecule has 0 fully saturated rings. The zero-order valence-electron chi connectivity index (χ0n) is 19.7. The molecule has 0 bridgehead atoms. The van der Waals surface area contributed by atoms with Crippen molar-refractivity contribution in [2.45, 2.75) is 6.92 Å². The number of hydrogen-bond donors (Lipinski definition) is 0. The lowest BCUT2D eigenvalue weighted by atomic mass is 9.89. The fourth-order valence-electron chi connectivity index (χ4n) is 3.78. The Hall–Kier alpha value is -3.46. The summed E-state index contributed by atoms with van der Waals surface area (Å²) >= 11 is 3.50. The lowest BCUT2D eigenvalue weighted by Crippen LogP contribution is -2.14. The first kappa shape index (κ1) is 25.2. The molecule has 0 heterocycles. The molecule has 0 atom stereocenters. The highest BCUT2D eigenvalue weighted by atomic mass is 79.9. The first-order chi connectivity index (χ1) is 16.3. The van der Waals surface area contributed by atoms with Crippen LogP contribution in [0.15, 0.2) is 34.8 Å². The van der Waals surface area contributed by atoms with E-state index in [2.05, 4.69) is 15.9 Å². The molecule has 3 rings (SSSR count). The maximum absolute atomic E-state index is 13.0. The minimum atomic E-state index is -0.698. The molecule has 0 aliphatic heterocycles. The lowest BCUT2D eigenvalue weighted by Gasteiger charge is -2.19. The van der Waals surface area contributed by atoms with Crippen molar-refractivity contribution in [1.82, 2.24) is 0 Å². The molecular weight excluding hydrogens is 508 g/mol. The van der Waals surface area contributed by atoms with Gasteiger partial charge in [0.15, 0.2) is 23.0 Å². The molecule has 3 aromatic carbocycles. The highest BCUT2D eigenvalue weighted by Crippen LogP contribution is 2.45. The van der Waals surface area contributed by atoms with Gasteiger partial charge < -0.3 is 28.4 Å². The molecule has 0 N–H and O–H groups in total. The molecule has 3 aromatic rings. The van der Waals surface area contributed by atoms with Crippen molar-refractivity contribution in [3.63, 3.8) is 0 Å².